The number of halogens is 2. The molecule has 4 aromatic rings. The number of nitrogens with zero attached hydrogens (tertiary/aromatic N) is 2. The highest BCUT2D eigenvalue weighted by Crippen LogP contribution is 2.36. The molecule has 0 bridgehead atoms. The third-order valence-electron chi connectivity index (χ3n) is 6.35. The van der Waals surface area contributed by atoms with Crippen molar-refractivity contribution in [2.45, 2.75) is 26.1 Å². The van der Waals surface area contributed by atoms with Crippen LogP contribution < -0.4 is 5.32 Å². The summed E-state index contributed by atoms with van der Waals surface area (Å²) >= 11 is 6.89. The molecule has 1 atom stereocenters. The molecule has 0 saturated carbocycles. The molecule has 1 fully saturated rings. The van der Waals surface area contributed by atoms with E-state index in [1.165, 1.54) is 18.2 Å². The SMILES string of the molecule is CC(NC(=O)Cn1cc(/C=C2\SC(=O)N(Cc3c(F)cccc3Cl)C2=O)c2ccccc21)c1ccccc1. The molecule has 1 saturated heterocycles. The van der Waals surface area contributed by atoms with Gasteiger partial charge in [-0.15, -0.1) is 0 Å². The first kappa shape index (κ1) is 25.8. The van der Waals surface area contributed by atoms with E-state index >= 15 is 0 Å². The lowest BCUT2D eigenvalue weighted by molar-refractivity contribution is -0.123. The molecule has 6 nitrogen and oxygen atoms in total. The summed E-state index contributed by atoms with van der Waals surface area (Å²) in [4.78, 5) is 39.8. The maximum Gasteiger partial charge on any atom is 0.293 e. The number of benzene rings is 3. The maximum atomic E-state index is 14.3. The van der Waals surface area contributed by atoms with Crippen LogP contribution >= 0.6 is 23.4 Å². The lowest BCUT2D eigenvalue weighted by Crippen LogP contribution is -2.29. The van der Waals surface area contributed by atoms with Crippen LogP contribution in [0.2, 0.25) is 5.02 Å². The molecule has 9 heteroatoms. The minimum atomic E-state index is -0.580. The zero-order chi connectivity index (χ0) is 26.8. The number of amides is 3. The van der Waals surface area contributed by atoms with E-state index in [1.807, 2.05) is 66.1 Å². The number of hydrogen-bond acceptors (Lipinski definition) is 4. The number of hydrogen-bond donors (Lipinski definition) is 1. The van der Waals surface area contributed by atoms with Gasteiger partial charge in [0, 0.05) is 33.2 Å². The van der Waals surface area contributed by atoms with Gasteiger partial charge < -0.3 is 9.88 Å². The number of para-hydroxylation sites is 1. The molecule has 3 amide bonds. The lowest BCUT2D eigenvalue weighted by atomic mass is 10.1. The smallest absolute Gasteiger partial charge is 0.293 e. The van der Waals surface area contributed by atoms with Gasteiger partial charge in [-0.05, 0) is 48.5 Å². The largest absolute Gasteiger partial charge is 0.348 e. The van der Waals surface area contributed by atoms with Gasteiger partial charge in [-0.2, -0.15) is 0 Å². The molecule has 2 heterocycles. The van der Waals surface area contributed by atoms with Gasteiger partial charge >= 0.3 is 0 Å². The summed E-state index contributed by atoms with van der Waals surface area (Å²) in [6.07, 6.45) is 3.43. The van der Waals surface area contributed by atoms with Crippen LogP contribution in [0.4, 0.5) is 9.18 Å². The van der Waals surface area contributed by atoms with Crippen LogP contribution in [0.15, 0.2) is 83.9 Å². The predicted octanol–water partition coefficient (Wildman–Crippen LogP) is 6.55. The molecule has 1 unspecified atom stereocenters. The van der Waals surface area contributed by atoms with Crippen LogP contribution in [0, 0.1) is 5.82 Å². The van der Waals surface area contributed by atoms with Gasteiger partial charge in [-0.1, -0.05) is 66.2 Å². The standard InChI is InChI=1S/C29H23ClFN3O3S/c1-18(19-8-3-2-4-9-19)32-27(35)17-33-15-20(21-10-5-6-13-25(21)33)14-26-28(36)34(29(37)38-26)16-22-23(30)11-7-12-24(22)31/h2-15,18H,16-17H2,1H3,(H,32,35)/b26-14-. The second-order valence-corrected chi connectivity index (χ2v) is 10.3. The second kappa shape index (κ2) is 10.8. The van der Waals surface area contributed by atoms with Crippen molar-refractivity contribution in [2.75, 3.05) is 0 Å². The van der Waals surface area contributed by atoms with Crippen molar-refractivity contribution in [2.24, 2.45) is 0 Å². The van der Waals surface area contributed by atoms with Gasteiger partial charge in [0.2, 0.25) is 5.91 Å². The van der Waals surface area contributed by atoms with Crippen LogP contribution in [-0.2, 0) is 22.7 Å². The summed E-state index contributed by atoms with van der Waals surface area (Å²) in [5.74, 6) is -1.26. The number of thioether (sulfide) groups is 1. The lowest BCUT2D eigenvalue weighted by Gasteiger charge is -2.15. The number of aromatic nitrogens is 1. The summed E-state index contributed by atoms with van der Waals surface area (Å²) in [5, 5.41) is 3.50. The van der Waals surface area contributed by atoms with Crippen molar-refractivity contribution in [1.29, 1.82) is 0 Å². The normalized spacial score (nSPS) is 15.4. The number of fused-ring (bicyclic) bond motifs is 1. The summed E-state index contributed by atoms with van der Waals surface area (Å²) in [5.41, 5.74) is 2.61. The average molecular weight is 548 g/mol. The van der Waals surface area contributed by atoms with Crippen LogP contribution in [0.3, 0.4) is 0 Å². The molecule has 1 aromatic heterocycles. The van der Waals surface area contributed by atoms with E-state index < -0.39 is 17.0 Å². The minimum Gasteiger partial charge on any atom is -0.348 e. The molecule has 0 radical (unpaired) electrons. The molecule has 38 heavy (non-hydrogen) atoms. The Morgan fingerprint density at radius 2 is 1.79 bits per heavy atom. The van der Waals surface area contributed by atoms with Crippen molar-refractivity contribution in [3.8, 4) is 0 Å². The van der Waals surface area contributed by atoms with Crippen molar-refractivity contribution in [3.05, 3.63) is 111 Å². The van der Waals surface area contributed by atoms with Crippen molar-refractivity contribution in [3.63, 3.8) is 0 Å². The van der Waals surface area contributed by atoms with Gasteiger partial charge in [0.25, 0.3) is 11.1 Å². The van der Waals surface area contributed by atoms with E-state index in [2.05, 4.69) is 5.32 Å². The Hall–Kier alpha value is -3.88. The number of nitrogens with one attached hydrogen (secondary N) is 1. The summed E-state index contributed by atoms with van der Waals surface area (Å²) in [6.45, 7) is 1.75. The topological polar surface area (TPSA) is 71.4 Å². The Labute approximate surface area is 228 Å². The van der Waals surface area contributed by atoms with E-state index in [0.29, 0.717) is 5.56 Å². The van der Waals surface area contributed by atoms with Gasteiger partial charge in [-0.3, -0.25) is 19.3 Å². The van der Waals surface area contributed by atoms with Gasteiger partial charge in [-0.25, -0.2) is 4.39 Å². The zero-order valence-electron chi connectivity index (χ0n) is 20.4. The highest BCUT2D eigenvalue weighted by atomic mass is 35.5. The van der Waals surface area contributed by atoms with E-state index in [0.717, 1.165) is 33.1 Å². The average Bonchev–Trinajstić information content (AvgIpc) is 3.38. The molecule has 5 rings (SSSR count). The van der Waals surface area contributed by atoms with E-state index in [9.17, 15) is 18.8 Å². The van der Waals surface area contributed by atoms with Crippen LogP contribution in [0.5, 0.6) is 0 Å². The Bertz CT molecular complexity index is 1560. The van der Waals surface area contributed by atoms with Gasteiger partial charge in [0.1, 0.15) is 12.4 Å². The van der Waals surface area contributed by atoms with E-state index in [4.69, 9.17) is 11.6 Å². The van der Waals surface area contributed by atoms with Crippen LogP contribution in [0.25, 0.3) is 17.0 Å². The highest BCUT2D eigenvalue weighted by molar-refractivity contribution is 8.18. The van der Waals surface area contributed by atoms with Crippen molar-refractivity contribution < 1.29 is 18.8 Å². The van der Waals surface area contributed by atoms with Crippen LogP contribution in [-0.4, -0.2) is 26.5 Å². The predicted molar refractivity (Wildman–Crippen MR) is 148 cm³/mol. The molecule has 1 aliphatic heterocycles. The Morgan fingerprint density at radius 1 is 1.05 bits per heavy atom. The van der Waals surface area contributed by atoms with E-state index in [-0.39, 0.29) is 40.5 Å². The molecular weight excluding hydrogens is 525 g/mol. The number of rotatable bonds is 7. The molecule has 1 N–H and O–H groups in total. The first-order valence-electron chi connectivity index (χ1n) is 11.9. The van der Waals surface area contributed by atoms with Crippen LogP contribution in [0.1, 0.15) is 29.7 Å². The quantitative estimate of drug-likeness (QED) is 0.266. The van der Waals surface area contributed by atoms with Gasteiger partial charge in [0.15, 0.2) is 0 Å². The first-order valence-corrected chi connectivity index (χ1v) is 13.1. The fourth-order valence-electron chi connectivity index (χ4n) is 4.41. The third kappa shape index (κ3) is 5.23. The fraction of sp³-hybridized carbons (Fsp3) is 0.138. The Morgan fingerprint density at radius 3 is 2.55 bits per heavy atom. The molecule has 192 valence electrons. The number of imide groups is 1. The monoisotopic (exact) mass is 547 g/mol. The maximum absolute atomic E-state index is 14.3. The number of carbonyl (C=O) groups excluding carboxylic acids is 3. The number of carbonyl (C=O) groups is 3. The summed E-state index contributed by atoms with van der Waals surface area (Å²) in [6, 6.07) is 21.3. The zero-order valence-corrected chi connectivity index (χ0v) is 21.9. The Balaban J connectivity index is 1.38. The van der Waals surface area contributed by atoms with Crippen molar-refractivity contribution >= 4 is 57.4 Å². The molecule has 1 aliphatic rings. The summed E-state index contributed by atoms with van der Waals surface area (Å²) < 4.78 is 16.1. The van der Waals surface area contributed by atoms with Crippen molar-refractivity contribution in [1.82, 2.24) is 14.8 Å². The van der Waals surface area contributed by atoms with E-state index in [1.54, 1.807) is 12.3 Å². The molecule has 3 aromatic carbocycles. The fourth-order valence-corrected chi connectivity index (χ4v) is 5.46. The molecular formula is C29H23ClFN3O3S. The molecule has 0 spiro atoms. The van der Waals surface area contributed by atoms with Gasteiger partial charge in [0.05, 0.1) is 17.5 Å². The Kier molecular flexibility index (Phi) is 7.35. The minimum absolute atomic E-state index is 0.0821. The summed E-state index contributed by atoms with van der Waals surface area (Å²) in [7, 11) is 0. The highest BCUT2D eigenvalue weighted by Gasteiger charge is 2.36. The third-order valence-corrected chi connectivity index (χ3v) is 7.61. The second-order valence-electron chi connectivity index (χ2n) is 8.90. The molecule has 0 aliphatic carbocycles. The first-order chi connectivity index (χ1) is 18.3.